The number of carboxylic acids is 1. The van der Waals surface area contributed by atoms with E-state index in [-0.39, 0.29) is 18.9 Å². The number of rotatable bonds is 7. The van der Waals surface area contributed by atoms with Crippen LogP contribution in [-0.4, -0.2) is 48.2 Å². The Kier molecular flexibility index (Phi) is 6.81. The third-order valence-electron chi connectivity index (χ3n) is 6.49. The van der Waals surface area contributed by atoms with Gasteiger partial charge in [-0.05, 0) is 41.5 Å². The maximum Gasteiger partial charge on any atom is 0.407 e. The Labute approximate surface area is 195 Å². The van der Waals surface area contributed by atoms with E-state index in [1.807, 2.05) is 53.8 Å². The number of nitrogens with one attached hydrogen (secondary N) is 2. The monoisotopic (exact) mass is 472 g/mol. The van der Waals surface area contributed by atoms with Crippen LogP contribution in [0.25, 0.3) is 11.1 Å². The fraction of sp³-hybridized carbons (Fsp3) is 0.400. The third kappa shape index (κ3) is 5.03. The molecule has 9 heteroatoms. The Morgan fingerprint density at radius 3 is 2.24 bits per heavy atom. The lowest BCUT2D eigenvalue weighted by atomic mass is 9.85. The minimum absolute atomic E-state index is 0.0315. The first-order chi connectivity index (χ1) is 16.3. The summed E-state index contributed by atoms with van der Waals surface area (Å²) in [4.78, 5) is 35.3. The number of fused-ring (bicyclic) bond motifs is 3. The molecule has 34 heavy (non-hydrogen) atoms. The molecule has 0 saturated heterocycles. The molecule has 2 aliphatic carbocycles. The number of carbonyl (C=O) groups excluding carboxylic acids is 2. The van der Waals surface area contributed by atoms with Crippen LogP contribution in [0.2, 0.25) is 0 Å². The van der Waals surface area contributed by atoms with Gasteiger partial charge in [-0.1, -0.05) is 55.0 Å². The molecule has 0 heterocycles. The van der Waals surface area contributed by atoms with Crippen LogP contribution in [0.4, 0.5) is 13.6 Å². The lowest BCUT2D eigenvalue weighted by Crippen LogP contribution is -2.52. The Balaban J connectivity index is 1.29. The zero-order valence-corrected chi connectivity index (χ0v) is 18.4. The van der Waals surface area contributed by atoms with E-state index in [4.69, 9.17) is 9.84 Å². The molecule has 2 aliphatic rings. The van der Waals surface area contributed by atoms with Crippen molar-refractivity contribution in [2.75, 3.05) is 13.2 Å². The first-order valence-electron chi connectivity index (χ1n) is 11.3. The predicted molar refractivity (Wildman–Crippen MR) is 120 cm³/mol. The van der Waals surface area contributed by atoms with E-state index in [9.17, 15) is 23.2 Å². The number of amides is 2. The average molecular weight is 472 g/mol. The summed E-state index contributed by atoms with van der Waals surface area (Å²) in [5, 5.41) is 13.3. The van der Waals surface area contributed by atoms with E-state index in [1.165, 1.54) is 0 Å². The SMILES string of the molecule is O=C(NCC(F)(F)C(=O)N[C@@H]1CCC[C@@H](C(=O)O)C1)OCC1c2ccccc2-c2ccccc21. The van der Waals surface area contributed by atoms with Gasteiger partial charge in [-0.15, -0.1) is 0 Å². The van der Waals surface area contributed by atoms with E-state index in [0.29, 0.717) is 19.3 Å². The van der Waals surface area contributed by atoms with Crippen LogP contribution in [-0.2, 0) is 14.3 Å². The van der Waals surface area contributed by atoms with Crippen LogP contribution >= 0.6 is 0 Å². The number of aliphatic carboxylic acids is 1. The Hall–Kier alpha value is -3.49. The summed E-state index contributed by atoms with van der Waals surface area (Å²) >= 11 is 0. The van der Waals surface area contributed by atoms with Gasteiger partial charge in [-0.25, -0.2) is 4.79 Å². The molecule has 1 fully saturated rings. The van der Waals surface area contributed by atoms with Gasteiger partial charge in [0.05, 0.1) is 12.5 Å². The van der Waals surface area contributed by atoms with Crippen molar-refractivity contribution in [2.24, 2.45) is 5.92 Å². The number of ether oxygens (including phenoxy) is 1. The second kappa shape index (κ2) is 9.79. The fourth-order valence-electron chi connectivity index (χ4n) is 4.75. The number of alkyl carbamates (subject to hydrolysis) is 1. The average Bonchev–Trinajstić information content (AvgIpc) is 3.15. The van der Waals surface area contributed by atoms with Crippen LogP contribution in [0.3, 0.4) is 0 Å². The summed E-state index contributed by atoms with van der Waals surface area (Å²) in [6, 6.07) is 14.9. The number of benzene rings is 2. The van der Waals surface area contributed by atoms with Gasteiger partial charge in [0.25, 0.3) is 5.91 Å². The Bertz CT molecular complexity index is 1040. The van der Waals surface area contributed by atoms with Crippen LogP contribution < -0.4 is 10.6 Å². The van der Waals surface area contributed by atoms with Crippen molar-refractivity contribution in [1.29, 1.82) is 0 Å². The van der Waals surface area contributed by atoms with Gasteiger partial charge in [0.1, 0.15) is 6.61 Å². The number of hydrogen-bond acceptors (Lipinski definition) is 4. The smallest absolute Gasteiger partial charge is 0.407 e. The molecule has 0 aliphatic heterocycles. The topological polar surface area (TPSA) is 105 Å². The molecule has 0 aromatic heterocycles. The first kappa shape index (κ1) is 23.7. The second-order valence-corrected chi connectivity index (χ2v) is 8.76. The minimum atomic E-state index is -3.86. The summed E-state index contributed by atoms with van der Waals surface area (Å²) in [5.74, 6) is -7.27. The summed E-state index contributed by atoms with van der Waals surface area (Å²) in [6.45, 7) is -1.25. The molecule has 3 N–H and O–H groups in total. The predicted octanol–water partition coefficient (Wildman–Crippen LogP) is 3.92. The van der Waals surface area contributed by atoms with Crippen molar-refractivity contribution in [3.63, 3.8) is 0 Å². The van der Waals surface area contributed by atoms with E-state index < -0.39 is 42.4 Å². The number of alkyl halides is 2. The van der Waals surface area contributed by atoms with Crippen molar-refractivity contribution < 1.29 is 33.0 Å². The van der Waals surface area contributed by atoms with E-state index >= 15 is 0 Å². The van der Waals surface area contributed by atoms with Crippen molar-refractivity contribution in [3.8, 4) is 11.1 Å². The Morgan fingerprint density at radius 2 is 1.62 bits per heavy atom. The molecule has 0 spiro atoms. The highest BCUT2D eigenvalue weighted by Gasteiger charge is 2.41. The lowest BCUT2D eigenvalue weighted by molar-refractivity contribution is -0.148. The summed E-state index contributed by atoms with van der Waals surface area (Å²) in [6.07, 6.45) is 0.493. The molecule has 1 saturated carbocycles. The molecule has 2 atom stereocenters. The molecule has 2 amide bonds. The highest BCUT2D eigenvalue weighted by atomic mass is 19.3. The van der Waals surface area contributed by atoms with E-state index in [1.54, 1.807) is 0 Å². The van der Waals surface area contributed by atoms with Crippen molar-refractivity contribution >= 4 is 18.0 Å². The summed E-state index contributed by atoms with van der Waals surface area (Å²) in [7, 11) is 0. The largest absolute Gasteiger partial charge is 0.481 e. The third-order valence-corrected chi connectivity index (χ3v) is 6.49. The van der Waals surface area contributed by atoms with Gasteiger partial charge < -0.3 is 20.5 Å². The molecule has 7 nitrogen and oxygen atoms in total. The molecular weight excluding hydrogens is 446 g/mol. The van der Waals surface area contributed by atoms with Crippen LogP contribution in [0.15, 0.2) is 48.5 Å². The van der Waals surface area contributed by atoms with Crippen LogP contribution in [0, 0.1) is 5.92 Å². The van der Waals surface area contributed by atoms with Crippen molar-refractivity contribution in [1.82, 2.24) is 10.6 Å². The highest BCUT2D eigenvalue weighted by molar-refractivity contribution is 5.84. The number of hydrogen-bond donors (Lipinski definition) is 3. The molecule has 4 rings (SSSR count). The second-order valence-electron chi connectivity index (χ2n) is 8.76. The number of carboxylic acid groups (broad SMARTS) is 1. The van der Waals surface area contributed by atoms with Gasteiger partial charge in [0.2, 0.25) is 0 Å². The van der Waals surface area contributed by atoms with Gasteiger partial charge in [0, 0.05) is 12.0 Å². The summed E-state index contributed by atoms with van der Waals surface area (Å²) in [5.41, 5.74) is 4.08. The molecular formula is C25H26F2N2O5. The quantitative estimate of drug-likeness (QED) is 0.567. The Morgan fingerprint density at radius 1 is 1.00 bits per heavy atom. The maximum atomic E-state index is 14.3. The van der Waals surface area contributed by atoms with E-state index in [0.717, 1.165) is 22.3 Å². The van der Waals surface area contributed by atoms with Gasteiger partial charge in [-0.2, -0.15) is 8.78 Å². The maximum absolute atomic E-state index is 14.3. The fourth-order valence-corrected chi connectivity index (χ4v) is 4.75. The molecule has 2 aromatic rings. The normalized spacial score (nSPS) is 19.6. The van der Waals surface area contributed by atoms with Crippen molar-refractivity contribution in [2.45, 2.75) is 43.6 Å². The van der Waals surface area contributed by atoms with Gasteiger partial charge >= 0.3 is 18.0 Å². The lowest BCUT2D eigenvalue weighted by Gasteiger charge is -2.28. The highest BCUT2D eigenvalue weighted by Crippen LogP contribution is 2.44. The van der Waals surface area contributed by atoms with Crippen LogP contribution in [0.1, 0.15) is 42.7 Å². The first-order valence-corrected chi connectivity index (χ1v) is 11.3. The molecule has 180 valence electrons. The van der Waals surface area contributed by atoms with Gasteiger partial charge in [-0.3, -0.25) is 9.59 Å². The van der Waals surface area contributed by atoms with E-state index in [2.05, 4.69) is 5.32 Å². The number of carbonyl (C=O) groups is 3. The number of halogens is 2. The zero-order valence-electron chi connectivity index (χ0n) is 18.4. The summed E-state index contributed by atoms with van der Waals surface area (Å²) < 4.78 is 33.9. The standard InChI is InChI=1S/C25H26F2N2O5/c26-25(27,23(32)29-16-7-5-6-15(12-16)22(30)31)14-28-24(33)34-13-21-19-10-3-1-8-17(19)18-9-2-4-11-20(18)21/h1-4,8-11,15-16,21H,5-7,12-14H2,(H,28,33)(H,29,32)(H,30,31)/t15-,16-/m1/s1. The van der Waals surface area contributed by atoms with Crippen LogP contribution in [0.5, 0.6) is 0 Å². The zero-order chi connectivity index (χ0) is 24.3. The van der Waals surface area contributed by atoms with Gasteiger partial charge in [0.15, 0.2) is 0 Å². The van der Waals surface area contributed by atoms with Crippen molar-refractivity contribution in [3.05, 3.63) is 59.7 Å². The minimum Gasteiger partial charge on any atom is -0.481 e. The molecule has 0 unspecified atom stereocenters. The molecule has 0 bridgehead atoms. The molecule has 2 aromatic carbocycles. The molecule has 0 radical (unpaired) electrons.